The maximum absolute atomic E-state index is 14.2. The van der Waals surface area contributed by atoms with Crippen molar-refractivity contribution < 1.29 is 60.8 Å². The predicted molar refractivity (Wildman–Crippen MR) is 241 cm³/mol. The Balaban J connectivity index is 2.18. The molecule has 2 aromatic rings. The van der Waals surface area contributed by atoms with Gasteiger partial charge in [0.1, 0.15) is 30.7 Å². The Hall–Kier alpha value is -3.41. The third kappa shape index (κ3) is 13.6. The van der Waals surface area contributed by atoms with Gasteiger partial charge in [-0.2, -0.15) is 0 Å². The van der Waals surface area contributed by atoms with Crippen molar-refractivity contribution in [1.82, 2.24) is 9.97 Å². The molecule has 0 aliphatic carbocycles. The molecule has 15 nitrogen and oxygen atoms in total. The van der Waals surface area contributed by atoms with Crippen LogP contribution in [-0.4, -0.2) is 125 Å². The van der Waals surface area contributed by atoms with E-state index in [1.807, 2.05) is 39.1 Å². The molecule has 1 saturated heterocycles. The topological polar surface area (TPSA) is 204 Å². The molecule has 1 aliphatic rings. The summed E-state index contributed by atoms with van der Waals surface area (Å²) in [4.78, 5) is 35.9. The normalized spacial score (nSPS) is 21.4. The van der Waals surface area contributed by atoms with Gasteiger partial charge in [0.15, 0.2) is 22.7 Å². The third-order valence-corrected chi connectivity index (χ3v) is 21.9. The Labute approximate surface area is 369 Å². The van der Waals surface area contributed by atoms with Crippen molar-refractivity contribution in [3.05, 3.63) is 60.1 Å². The Morgan fingerprint density at radius 1 is 0.952 bits per heavy atom. The van der Waals surface area contributed by atoms with E-state index in [-0.39, 0.29) is 41.4 Å². The van der Waals surface area contributed by atoms with Crippen LogP contribution >= 0.6 is 0 Å². The maximum atomic E-state index is 14.2. The Morgan fingerprint density at radius 2 is 1.52 bits per heavy atom. The molecule has 19 heteroatoms. The maximum Gasteiger partial charge on any atom is 0.338 e. The molecule has 0 spiro atoms. The van der Waals surface area contributed by atoms with E-state index in [0.717, 1.165) is 10.6 Å². The van der Waals surface area contributed by atoms with Crippen molar-refractivity contribution in [3.8, 4) is 11.3 Å². The zero-order valence-electron chi connectivity index (χ0n) is 38.6. The highest BCUT2D eigenvalue weighted by atomic mass is 32.2. The van der Waals surface area contributed by atoms with Gasteiger partial charge in [0.2, 0.25) is 22.3 Å². The van der Waals surface area contributed by atoms with E-state index in [1.54, 1.807) is 12.1 Å². The van der Waals surface area contributed by atoms with E-state index in [2.05, 4.69) is 61.2 Å². The van der Waals surface area contributed by atoms with Crippen LogP contribution in [0.15, 0.2) is 43.0 Å². The molecule has 1 unspecified atom stereocenters. The number of ether oxygens (including phenoxy) is 3. The number of halogens is 1. The van der Waals surface area contributed by atoms with Gasteiger partial charge in [0, 0.05) is 24.6 Å². The zero-order valence-corrected chi connectivity index (χ0v) is 41.4. The highest BCUT2D eigenvalue weighted by molar-refractivity contribution is 7.92. The monoisotopic (exact) mass is 925 g/mol. The van der Waals surface area contributed by atoms with Gasteiger partial charge in [-0.25, -0.2) is 31.9 Å². The first-order valence-corrected chi connectivity index (χ1v) is 28.3. The fraction of sp³-hybridized carbons (Fsp3) is 0.628. The molecule has 1 fully saturated rings. The smallest absolute Gasteiger partial charge is 0.338 e. The molecule has 3 N–H and O–H groups in total. The summed E-state index contributed by atoms with van der Waals surface area (Å²) in [6, 6.07) is 5.70. The number of benzene rings is 1. The minimum atomic E-state index is -3.76. The predicted octanol–water partition coefficient (Wildman–Crippen LogP) is 6.46. The zero-order chi connectivity index (χ0) is 47.3. The van der Waals surface area contributed by atoms with E-state index >= 15 is 0 Å². The molecule has 1 aromatic heterocycles. The van der Waals surface area contributed by atoms with Gasteiger partial charge < -0.3 is 38.4 Å². The van der Waals surface area contributed by atoms with Gasteiger partial charge in [-0.15, -0.1) is 0 Å². The number of aliphatic hydroxyl groups is 3. The van der Waals surface area contributed by atoms with E-state index in [1.165, 1.54) is 25.3 Å². The average molecular weight is 926 g/mol. The van der Waals surface area contributed by atoms with Gasteiger partial charge in [0.05, 0.1) is 36.3 Å². The van der Waals surface area contributed by atoms with E-state index in [0.29, 0.717) is 22.5 Å². The summed E-state index contributed by atoms with van der Waals surface area (Å²) in [5.41, 5.74) is 1.95. The van der Waals surface area contributed by atoms with E-state index in [4.69, 9.17) is 33.0 Å². The summed E-state index contributed by atoms with van der Waals surface area (Å²) in [6.07, 6.45) is -5.03. The van der Waals surface area contributed by atoms with Gasteiger partial charge in [-0.1, -0.05) is 80.2 Å². The standard InChI is InChI=1S/C43H68FN3O12SSi2/c1-16-23-55-39(52)38-36(50)35(49)37(51)40(57-38)56-32(48)25-30(59-62(14,15)43(7,8)9)24-29(58-61(12,13)42(4,5)6)21-22-31-33(26(2)3)45-41(47(10)60(11,53)54)46-34(31)27-17-19-28(44)20-18-27/h16-22,26,29-30,35-38,40,49-51H,1,23-25H2,2-15H3/t29-,30-,35+,36+,37+,38?,40-/m1/s1. The minimum Gasteiger partial charge on any atom is -0.459 e. The SMILES string of the molecule is C=CCOC(=O)C1O[C@@H](OC(=O)C[C@@H](C[C@@H](C=Cc2c(-c3ccc(F)cc3)nc(N(C)S(C)(=O)=O)nc2C(C)C)O[Si](C)(C)C(C)(C)C)O[Si](C)(C)C(C)(C)C)[C@@H](O)[C@@H](O)[C@@H]1O. The lowest BCUT2D eigenvalue weighted by molar-refractivity contribution is -0.287. The number of hydrogen-bond acceptors (Lipinski definition) is 14. The fourth-order valence-corrected chi connectivity index (χ4v) is 8.90. The van der Waals surface area contributed by atoms with Crippen molar-refractivity contribution >= 4 is 50.6 Å². The number of aliphatic hydroxyl groups excluding tert-OH is 3. The van der Waals surface area contributed by atoms with Crippen LogP contribution in [0.4, 0.5) is 10.3 Å². The van der Waals surface area contributed by atoms with Crippen LogP contribution in [0, 0.1) is 5.82 Å². The number of sulfonamides is 1. The number of nitrogens with zero attached hydrogens (tertiary/aromatic N) is 3. The van der Waals surface area contributed by atoms with Crippen LogP contribution in [0.1, 0.15) is 85.4 Å². The Kier molecular flexibility index (Phi) is 17.6. The molecular formula is C43H68FN3O12SSi2. The van der Waals surface area contributed by atoms with E-state index < -0.39 is 87.3 Å². The van der Waals surface area contributed by atoms with Crippen molar-refractivity contribution in [3.63, 3.8) is 0 Å². The molecule has 0 radical (unpaired) electrons. The molecule has 0 saturated carbocycles. The van der Waals surface area contributed by atoms with Crippen molar-refractivity contribution in [1.29, 1.82) is 0 Å². The molecule has 1 aliphatic heterocycles. The third-order valence-electron chi connectivity index (χ3n) is 11.7. The molecule has 1 aromatic carbocycles. The van der Waals surface area contributed by atoms with Crippen LogP contribution in [0.2, 0.25) is 36.3 Å². The van der Waals surface area contributed by atoms with Gasteiger partial charge in [-0.05, 0) is 66.4 Å². The first-order chi connectivity index (χ1) is 28.3. The number of aromatic nitrogens is 2. The second kappa shape index (κ2) is 20.6. The number of hydrogen-bond donors (Lipinski definition) is 3. The van der Waals surface area contributed by atoms with Gasteiger partial charge in [0.25, 0.3) is 0 Å². The first-order valence-electron chi connectivity index (χ1n) is 20.6. The molecule has 0 amide bonds. The number of carbonyl (C=O) groups excluding carboxylic acids is 2. The highest BCUT2D eigenvalue weighted by Crippen LogP contribution is 2.41. The molecule has 348 valence electrons. The summed E-state index contributed by atoms with van der Waals surface area (Å²) in [6.45, 7) is 27.8. The molecular weight excluding hydrogens is 858 g/mol. The molecule has 62 heavy (non-hydrogen) atoms. The van der Waals surface area contributed by atoms with Crippen LogP contribution in [-0.2, 0) is 42.7 Å². The number of anilines is 1. The highest BCUT2D eigenvalue weighted by Gasteiger charge is 2.50. The largest absolute Gasteiger partial charge is 0.459 e. The van der Waals surface area contributed by atoms with Crippen LogP contribution in [0.25, 0.3) is 17.3 Å². The lowest BCUT2D eigenvalue weighted by Crippen LogP contribution is -2.61. The summed E-state index contributed by atoms with van der Waals surface area (Å²) >= 11 is 0. The number of esters is 2. The summed E-state index contributed by atoms with van der Waals surface area (Å²) in [7, 11) is -7.59. The summed E-state index contributed by atoms with van der Waals surface area (Å²) in [5, 5.41) is 31.3. The number of carbonyl (C=O) groups is 2. The van der Waals surface area contributed by atoms with Crippen molar-refractivity contribution in [2.45, 2.75) is 153 Å². The first kappa shape index (κ1) is 52.9. The second-order valence-electron chi connectivity index (χ2n) is 19.1. The van der Waals surface area contributed by atoms with Crippen LogP contribution < -0.4 is 4.31 Å². The Morgan fingerprint density at radius 3 is 2.03 bits per heavy atom. The van der Waals surface area contributed by atoms with E-state index in [9.17, 15) is 37.7 Å². The number of rotatable bonds is 18. The van der Waals surface area contributed by atoms with Gasteiger partial charge in [-0.3, -0.25) is 4.79 Å². The summed E-state index contributed by atoms with van der Waals surface area (Å²) < 4.78 is 70.5. The second-order valence-corrected chi connectivity index (χ2v) is 30.6. The lowest BCUT2D eigenvalue weighted by Gasteiger charge is -2.42. The summed E-state index contributed by atoms with van der Waals surface area (Å²) in [5.74, 6) is -2.68. The average Bonchev–Trinajstić information content (AvgIpc) is 3.14. The van der Waals surface area contributed by atoms with Crippen LogP contribution in [0.3, 0.4) is 0 Å². The van der Waals surface area contributed by atoms with Gasteiger partial charge >= 0.3 is 11.9 Å². The lowest BCUT2D eigenvalue weighted by atomic mass is 9.97. The quantitative estimate of drug-likeness (QED) is 0.0835. The fourth-order valence-electron chi connectivity index (χ4n) is 5.87. The molecule has 0 bridgehead atoms. The minimum absolute atomic E-state index is 0.0582. The molecule has 7 atom stereocenters. The molecule has 3 rings (SSSR count). The Bertz CT molecular complexity index is 2020. The molecule has 2 heterocycles. The van der Waals surface area contributed by atoms with Crippen LogP contribution in [0.5, 0.6) is 0 Å². The van der Waals surface area contributed by atoms with Crippen molar-refractivity contribution in [2.24, 2.45) is 0 Å². The van der Waals surface area contributed by atoms with Crippen molar-refractivity contribution in [2.75, 3.05) is 24.2 Å².